The van der Waals surface area contributed by atoms with Crippen molar-refractivity contribution in [3.05, 3.63) is 23.8 Å². The van der Waals surface area contributed by atoms with E-state index in [0.717, 1.165) is 44.3 Å². The van der Waals surface area contributed by atoms with Crippen LogP contribution in [0.5, 0.6) is 11.5 Å². The zero-order valence-corrected chi connectivity index (χ0v) is 14.5. The highest BCUT2D eigenvalue weighted by atomic mass is 16.5. The Balaban J connectivity index is 1.83. The fourth-order valence-corrected chi connectivity index (χ4v) is 2.82. The van der Waals surface area contributed by atoms with Crippen molar-refractivity contribution in [3.63, 3.8) is 0 Å². The van der Waals surface area contributed by atoms with Gasteiger partial charge in [-0.2, -0.15) is 0 Å². The molecule has 1 N–H and O–H groups in total. The van der Waals surface area contributed by atoms with Gasteiger partial charge in [0.05, 0.1) is 14.2 Å². The van der Waals surface area contributed by atoms with Crippen molar-refractivity contribution < 1.29 is 19.1 Å². The molecular formula is C18H26N2O4. The maximum absolute atomic E-state index is 12.2. The van der Waals surface area contributed by atoms with Gasteiger partial charge in [-0.1, -0.05) is 18.9 Å². The van der Waals surface area contributed by atoms with Gasteiger partial charge < -0.3 is 19.7 Å². The molecule has 0 radical (unpaired) electrons. The second-order valence-corrected chi connectivity index (χ2v) is 5.94. The molecule has 0 unspecified atom stereocenters. The highest BCUT2D eigenvalue weighted by Gasteiger charge is 2.18. The number of methoxy groups -OCH3 is 2. The maximum atomic E-state index is 12.2. The van der Waals surface area contributed by atoms with E-state index in [9.17, 15) is 9.59 Å². The Morgan fingerprint density at radius 1 is 1.04 bits per heavy atom. The van der Waals surface area contributed by atoms with Gasteiger partial charge >= 0.3 is 0 Å². The summed E-state index contributed by atoms with van der Waals surface area (Å²) in [6, 6.07) is 5.47. The van der Waals surface area contributed by atoms with Gasteiger partial charge in [0.25, 0.3) is 0 Å². The van der Waals surface area contributed by atoms with E-state index in [0.29, 0.717) is 18.0 Å². The van der Waals surface area contributed by atoms with Crippen LogP contribution in [0.2, 0.25) is 0 Å². The minimum absolute atomic E-state index is 0.0817. The van der Waals surface area contributed by atoms with Crippen LogP contribution >= 0.6 is 0 Å². The summed E-state index contributed by atoms with van der Waals surface area (Å²) in [5.74, 6) is 0.926. The zero-order chi connectivity index (χ0) is 17.4. The average molecular weight is 334 g/mol. The molecule has 24 heavy (non-hydrogen) atoms. The lowest BCUT2D eigenvalue weighted by atomic mass is 10.2. The predicted molar refractivity (Wildman–Crippen MR) is 91.1 cm³/mol. The minimum atomic E-state index is -0.251. The average Bonchev–Trinajstić information content (AvgIpc) is 2.89. The van der Waals surface area contributed by atoms with Gasteiger partial charge in [0.15, 0.2) is 11.5 Å². The first-order chi connectivity index (χ1) is 11.6. The first-order valence-electron chi connectivity index (χ1n) is 8.39. The third-order valence-corrected chi connectivity index (χ3v) is 4.21. The van der Waals surface area contributed by atoms with E-state index < -0.39 is 0 Å². The smallest absolute Gasteiger partial charge is 0.232 e. The van der Waals surface area contributed by atoms with Crippen LogP contribution in [0.15, 0.2) is 18.2 Å². The Morgan fingerprint density at radius 2 is 1.71 bits per heavy atom. The minimum Gasteiger partial charge on any atom is -0.493 e. The number of amides is 2. The molecule has 1 aromatic carbocycles. The van der Waals surface area contributed by atoms with E-state index in [1.807, 2.05) is 17.0 Å². The molecule has 1 saturated heterocycles. The van der Waals surface area contributed by atoms with E-state index >= 15 is 0 Å². The number of carbonyl (C=O) groups excluding carboxylic acids is 2. The monoisotopic (exact) mass is 334 g/mol. The summed E-state index contributed by atoms with van der Waals surface area (Å²) < 4.78 is 10.4. The molecule has 1 fully saturated rings. The van der Waals surface area contributed by atoms with Crippen LogP contribution in [0.4, 0.5) is 0 Å². The molecule has 1 aromatic rings. The Bertz CT molecular complexity index is 566. The van der Waals surface area contributed by atoms with Crippen LogP contribution < -0.4 is 14.8 Å². The number of hydrogen-bond acceptors (Lipinski definition) is 4. The highest BCUT2D eigenvalue weighted by Crippen LogP contribution is 2.27. The summed E-state index contributed by atoms with van der Waals surface area (Å²) in [7, 11) is 3.15. The van der Waals surface area contributed by atoms with Crippen LogP contribution in [0.1, 0.15) is 37.7 Å². The first kappa shape index (κ1) is 18.1. The van der Waals surface area contributed by atoms with E-state index in [1.165, 1.54) is 0 Å². The summed E-state index contributed by atoms with van der Waals surface area (Å²) >= 11 is 0. The number of carbonyl (C=O) groups is 2. The molecule has 0 bridgehead atoms. The van der Waals surface area contributed by atoms with Crippen molar-refractivity contribution in [1.82, 2.24) is 10.2 Å². The van der Waals surface area contributed by atoms with E-state index in [-0.39, 0.29) is 18.2 Å². The lowest BCUT2D eigenvalue weighted by Gasteiger charge is -2.20. The largest absolute Gasteiger partial charge is 0.493 e. The Kier molecular flexibility index (Phi) is 6.90. The molecule has 2 rings (SSSR count). The lowest BCUT2D eigenvalue weighted by Crippen LogP contribution is -2.36. The van der Waals surface area contributed by atoms with Crippen molar-refractivity contribution in [2.75, 3.05) is 27.3 Å². The molecule has 1 aliphatic heterocycles. The van der Waals surface area contributed by atoms with Gasteiger partial charge in [-0.15, -0.1) is 0 Å². The fourth-order valence-electron chi connectivity index (χ4n) is 2.82. The molecule has 0 aliphatic carbocycles. The number of nitrogens with one attached hydrogen (secondary N) is 1. The summed E-state index contributed by atoms with van der Waals surface area (Å²) in [6.07, 6.45) is 4.29. The predicted octanol–water partition coefficient (Wildman–Crippen LogP) is 2.11. The maximum Gasteiger partial charge on any atom is 0.232 e. The van der Waals surface area contributed by atoms with Gasteiger partial charge in [0, 0.05) is 19.6 Å². The van der Waals surface area contributed by atoms with E-state index in [4.69, 9.17) is 9.47 Å². The van der Waals surface area contributed by atoms with Crippen molar-refractivity contribution >= 4 is 11.8 Å². The Labute approximate surface area is 143 Å². The number of nitrogens with zero attached hydrogens (tertiary/aromatic N) is 1. The van der Waals surface area contributed by atoms with Crippen molar-refractivity contribution in [1.29, 1.82) is 0 Å². The van der Waals surface area contributed by atoms with E-state index in [2.05, 4.69) is 5.32 Å². The third-order valence-electron chi connectivity index (χ3n) is 4.21. The Morgan fingerprint density at radius 3 is 2.33 bits per heavy atom. The third kappa shape index (κ3) is 5.15. The number of benzene rings is 1. The molecule has 0 saturated carbocycles. The van der Waals surface area contributed by atoms with Crippen molar-refractivity contribution in [2.45, 2.75) is 38.6 Å². The summed E-state index contributed by atoms with van der Waals surface area (Å²) in [5, 5.41) is 2.79. The van der Waals surface area contributed by atoms with Crippen LogP contribution in [-0.4, -0.2) is 44.0 Å². The van der Waals surface area contributed by atoms with Gasteiger partial charge in [-0.25, -0.2) is 0 Å². The summed E-state index contributed by atoms with van der Waals surface area (Å²) in [4.78, 5) is 26.0. The SMILES string of the molecule is COc1ccc(CNC(=O)CC(=O)N2CCCCCC2)cc1OC. The quantitative estimate of drug-likeness (QED) is 0.809. The van der Waals surface area contributed by atoms with Gasteiger partial charge in [-0.05, 0) is 30.5 Å². The van der Waals surface area contributed by atoms with Crippen LogP contribution in [-0.2, 0) is 16.1 Å². The molecule has 6 heteroatoms. The van der Waals surface area contributed by atoms with Gasteiger partial charge in [0.1, 0.15) is 6.42 Å². The zero-order valence-electron chi connectivity index (χ0n) is 14.5. The van der Waals surface area contributed by atoms with Crippen LogP contribution in [0, 0.1) is 0 Å². The summed E-state index contributed by atoms with van der Waals surface area (Å²) in [5.41, 5.74) is 0.892. The first-order valence-corrected chi connectivity index (χ1v) is 8.39. The molecular weight excluding hydrogens is 308 g/mol. The van der Waals surface area contributed by atoms with Crippen molar-refractivity contribution in [3.8, 4) is 11.5 Å². The lowest BCUT2D eigenvalue weighted by molar-refractivity contribution is -0.136. The normalized spacial score (nSPS) is 14.7. The standard InChI is InChI=1S/C18H26N2O4/c1-23-15-8-7-14(11-16(15)24-2)13-19-17(21)12-18(22)20-9-5-3-4-6-10-20/h7-8,11H,3-6,9-10,12-13H2,1-2H3,(H,19,21). The topological polar surface area (TPSA) is 67.9 Å². The second-order valence-electron chi connectivity index (χ2n) is 5.94. The second kappa shape index (κ2) is 9.15. The number of ether oxygens (including phenoxy) is 2. The van der Waals surface area contributed by atoms with Gasteiger partial charge in [-0.3, -0.25) is 9.59 Å². The molecule has 0 aromatic heterocycles. The molecule has 2 amide bonds. The highest BCUT2D eigenvalue weighted by molar-refractivity contribution is 5.96. The van der Waals surface area contributed by atoms with Crippen LogP contribution in [0.3, 0.4) is 0 Å². The van der Waals surface area contributed by atoms with Crippen molar-refractivity contribution in [2.24, 2.45) is 0 Å². The molecule has 0 atom stereocenters. The molecule has 0 spiro atoms. The number of likely N-dealkylation sites (tertiary alicyclic amines) is 1. The molecule has 6 nitrogen and oxygen atoms in total. The summed E-state index contributed by atoms with van der Waals surface area (Å²) in [6.45, 7) is 1.88. The number of rotatable bonds is 6. The Hall–Kier alpha value is -2.24. The van der Waals surface area contributed by atoms with E-state index in [1.54, 1.807) is 20.3 Å². The number of hydrogen-bond donors (Lipinski definition) is 1. The molecule has 132 valence electrons. The van der Waals surface area contributed by atoms with Crippen LogP contribution in [0.25, 0.3) is 0 Å². The fraction of sp³-hybridized carbons (Fsp3) is 0.556. The molecule has 1 aliphatic rings. The molecule has 1 heterocycles. The van der Waals surface area contributed by atoms with Gasteiger partial charge in [0.2, 0.25) is 11.8 Å².